The van der Waals surface area contributed by atoms with Crippen LogP contribution in [0.5, 0.6) is 0 Å². The molecule has 0 aromatic heterocycles. The molecule has 0 bridgehead atoms. The van der Waals surface area contributed by atoms with Crippen LogP contribution in [0.4, 0.5) is 0 Å². The van der Waals surface area contributed by atoms with Gasteiger partial charge < -0.3 is 10.4 Å². The zero-order valence-electron chi connectivity index (χ0n) is 15.9. The molecule has 1 aromatic carbocycles. The summed E-state index contributed by atoms with van der Waals surface area (Å²) >= 11 is 0. The van der Waals surface area contributed by atoms with E-state index in [-0.39, 0.29) is 16.8 Å². The second-order valence-corrected chi connectivity index (χ2v) is 9.54. The Morgan fingerprint density at radius 3 is 2.30 bits per heavy atom. The first kappa shape index (κ1) is 19.8. The van der Waals surface area contributed by atoms with Gasteiger partial charge >= 0.3 is 5.97 Å². The predicted molar refractivity (Wildman–Crippen MR) is 99.9 cm³/mol. The SMILES string of the molecule is Cc1cc(C)c(S(=O)(=O)N2CCCC2C(=O)NC2CC(C(=O)O)C2)c(C)c1. The summed E-state index contributed by atoms with van der Waals surface area (Å²) in [4.78, 5) is 23.8. The zero-order valence-corrected chi connectivity index (χ0v) is 16.7. The van der Waals surface area contributed by atoms with Gasteiger partial charge in [0.2, 0.25) is 15.9 Å². The molecule has 2 N–H and O–H groups in total. The molecular weight excluding hydrogens is 368 g/mol. The van der Waals surface area contributed by atoms with E-state index in [4.69, 9.17) is 5.11 Å². The average Bonchev–Trinajstić information content (AvgIpc) is 2.98. The molecule has 148 valence electrons. The van der Waals surface area contributed by atoms with Crippen molar-refractivity contribution in [3.8, 4) is 0 Å². The van der Waals surface area contributed by atoms with E-state index in [9.17, 15) is 18.0 Å². The quantitative estimate of drug-likeness (QED) is 0.792. The Kier molecular flexibility index (Phi) is 5.31. The van der Waals surface area contributed by atoms with Crippen LogP contribution < -0.4 is 5.32 Å². The van der Waals surface area contributed by atoms with Crippen molar-refractivity contribution >= 4 is 21.9 Å². The Balaban J connectivity index is 1.78. The van der Waals surface area contributed by atoms with Crippen molar-refractivity contribution in [2.75, 3.05) is 6.54 Å². The predicted octanol–water partition coefficient (Wildman–Crippen LogP) is 1.74. The number of nitrogens with one attached hydrogen (secondary N) is 1. The van der Waals surface area contributed by atoms with Gasteiger partial charge in [-0.2, -0.15) is 4.31 Å². The third-order valence-corrected chi connectivity index (χ3v) is 7.73. The first-order valence-corrected chi connectivity index (χ1v) is 10.7. The van der Waals surface area contributed by atoms with E-state index in [1.54, 1.807) is 13.8 Å². The van der Waals surface area contributed by atoms with Crippen molar-refractivity contribution in [1.82, 2.24) is 9.62 Å². The maximum absolute atomic E-state index is 13.3. The van der Waals surface area contributed by atoms with E-state index < -0.39 is 28.0 Å². The molecule has 0 spiro atoms. The van der Waals surface area contributed by atoms with Gasteiger partial charge in [0.15, 0.2) is 0 Å². The molecule has 1 saturated heterocycles. The van der Waals surface area contributed by atoms with Crippen LogP contribution in [0.1, 0.15) is 42.4 Å². The fraction of sp³-hybridized carbons (Fsp3) is 0.579. The summed E-state index contributed by atoms with van der Waals surface area (Å²) in [5.41, 5.74) is 2.36. The molecule has 1 aliphatic heterocycles. The second-order valence-electron chi connectivity index (χ2n) is 7.71. The summed E-state index contributed by atoms with van der Waals surface area (Å²) in [6.07, 6.45) is 1.90. The van der Waals surface area contributed by atoms with Gasteiger partial charge in [0.1, 0.15) is 6.04 Å². The third-order valence-electron chi connectivity index (χ3n) is 5.51. The summed E-state index contributed by atoms with van der Waals surface area (Å²) < 4.78 is 27.9. The smallest absolute Gasteiger partial charge is 0.306 e. The highest BCUT2D eigenvalue weighted by Gasteiger charge is 2.43. The van der Waals surface area contributed by atoms with Crippen LogP contribution in [-0.2, 0) is 19.6 Å². The summed E-state index contributed by atoms with van der Waals surface area (Å²) in [7, 11) is -3.78. The number of amides is 1. The summed E-state index contributed by atoms with van der Waals surface area (Å²) in [5, 5.41) is 11.8. The van der Waals surface area contributed by atoms with Gasteiger partial charge in [0.25, 0.3) is 0 Å². The minimum absolute atomic E-state index is 0.188. The van der Waals surface area contributed by atoms with Gasteiger partial charge in [-0.1, -0.05) is 17.7 Å². The minimum Gasteiger partial charge on any atom is -0.481 e. The molecule has 7 nitrogen and oxygen atoms in total. The molecule has 1 amide bonds. The lowest BCUT2D eigenvalue weighted by Gasteiger charge is -2.34. The van der Waals surface area contributed by atoms with Crippen molar-refractivity contribution < 1.29 is 23.1 Å². The number of benzene rings is 1. The second kappa shape index (κ2) is 7.24. The summed E-state index contributed by atoms with van der Waals surface area (Å²) in [6, 6.07) is 2.75. The van der Waals surface area contributed by atoms with Gasteiger partial charge in [-0.25, -0.2) is 8.42 Å². The number of hydrogen-bond donors (Lipinski definition) is 2. The molecule has 1 saturated carbocycles. The molecule has 1 aliphatic carbocycles. The van der Waals surface area contributed by atoms with Crippen molar-refractivity contribution in [1.29, 1.82) is 0 Å². The van der Waals surface area contributed by atoms with Gasteiger partial charge in [0, 0.05) is 12.6 Å². The summed E-state index contributed by atoms with van der Waals surface area (Å²) in [6.45, 7) is 5.79. The van der Waals surface area contributed by atoms with Crippen LogP contribution in [0.2, 0.25) is 0 Å². The number of carboxylic acid groups (broad SMARTS) is 1. The van der Waals surface area contributed by atoms with Crippen LogP contribution in [0.25, 0.3) is 0 Å². The number of aryl methyl sites for hydroxylation is 3. The maximum Gasteiger partial charge on any atom is 0.306 e. The Labute approximate surface area is 159 Å². The molecule has 27 heavy (non-hydrogen) atoms. The van der Waals surface area contributed by atoms with Gasteiger partial charge in [-0.15, -0.1) is 0 Å². The van der Waals surface area contributed by atoms with E-state index in [0.29, 0.717) is 43.4 Å². The molecule has 2 fully saturated rings. The third kappa shape index (κ3) is 3.73. The highest BCUT2D eigenvalue weighted by atomic mass is 32.2. The number of rotatable bonds is 5. The molecule has 1 atom stereocenters. The minimum atomic E-state index is -3.78. The Morgan fingerprint density at radius 1 is 1.15 bits per heavy atom. The van der Waals surface area contributed by atoms with E-state index >= 15 is 0 Å². The average molecular weight is 394 g/mol. The highest BCUT2D eigenvalue weighted by molar-refractivity contribution is 7.89. The number of nitrogens with zero attached hydrogens (tertiary/aromatic N) is 1. The van der Waals surface area contributed by atoms with Gasteiger partial charge in [-0.05, 0) is 57.6 Å². The molecule has 1 unspecified atom stereocenters. The first-order valence-electron chi connectivity index (χ1n) is 9.24. The van der Waals surface area contributed by atoms with Crippen LogP contribution >= 0.6 is 0 Å². The van der Waals surface area contributed by atoms with E-state index in [1.165, 1.54) is 4.31 Å². The number of sulfonamides is 1. The molecule has 1 heterocycles. The van der Waals surface area contributed by atoms with Crippen LogP contribution in [0, 0.1) is 26.7 Å². The monoisotopic (exact) mass is 394 g/mol. The van der Waals surface area contributed by atoms with E-state index in [2.05, 4.69) is 5.32 Å². The molecular formula is C19H26N2O5S. The zero-order chi connectivity index (χ0) is 19.9. The number of carbonyl (C=O) groups excluding carboxylic acids is 1. The molecule has 0 radical (unpaired) electrons. The number of hydrogen-bond acceptors (Lipinski definition) is 4. The lowest BCUT2D eigenvalue weighted by Crippen LogP contribution is -2.53. The fourth-order valence-corrected chi connectivity index (χ4v) is 6.29. The number of carboxylic acids is 1. The van der Waals surface area contributed by atoms with Crippen molar-refractivity contribution in [3.05, 3.63) is 28.8 Å². The lowest BCUT2D eigenvalue weighted by molar-refractivity contribution is -0.146. The Morgan fingerprint density at radius 2 is 1.74 bits per heavy atom. The van der Waals surface area contributed by atoms with Crippen molar-refractivity contribution in [2.24, 2.45) is 5.92 Å². The largest absolute Gasteiger partial charge is 0.481 e. The van der Waals surface area contributed by atoms with E-state index in [1.807, 2.05) is 19.1 Å². The van der Waals surface area contributed by atoms with Crippen molar-refractivity contribution in [3.63, 3.8) is 0 Å². The normalized spacial score (nSPS) is 25.8. The molecule has 2 aliphatic rings. The van der Waals surface area contributed by atoms with Gasteiger partial charge in [0.05, 0.1) is 10.8 Å². The summed E-state index contributed by atoms with van der Waals surface area (Å²) in [5.74, 6) is -1.60. The Hall–Kier alpha value is -1.93. The topological polar surface area (TPSA) is 104 Å². The fourth-order valence-electron chi connectivity index (χ4n) is 4.22. The number of aliphatic carboxylic acids is 1. The van der Waals surface area contributed by atoms with Crippen LogP contribution in [-0.4, -0.2) is 48.3 Å². The highest BCUT2D eigenvalue weighted by Crippen LogP contribution is 2.32. The first-order chi connectivity index (χ1) is 12.6. The standard InChI is InChI=1S/C19H26N2O5S/c1-11-7-12(2)17(13(3)8-11)27(25,26)21-6-4-5-16(21)18(22)20-15-9-14(10-15)19(23)24/h7-8,14-16H,4-6,9-10H2,1-3H3,(H,20,22)(H,23,24). The Bertz CT molecular complexity index is 851. The van der Waals surface area contributed by atoms with Crippen molar-refractivity contribution in [2.45, 2.75) is 63.4 Å². The molecule has 3 rings (SSSR count). The van der Waals surface area contributed by atoms with Crippen LogP contribution in [0.15, 0.2) is 17.0 Å². The molecule has 1 aromatic rings. The van der Waals surface area contributed by atoms with E-state index in [0.717, 1.165) is 5.56 Å². The van der Waals surface area contributed by atoms with Crippen LogP contribution in [0.3, 0.4) is 0 Å². The lowest BCUT2D eigenvalue weighted by atomic mass is 9.80. The molecule has 8 heteroatoms. The van der Waals surface area contributed by atoms with Gasteiger partial charge in [-0.3, -0.25) is 9.59 Å². The number of carbonyl (C=O) groups is 2. The maximum atomic E-state index is 13.3.